The Morgan fingerprint density at radius 2 is 1.92 bits per heavy atom. The minimum absolute atomic E-state index is 0.205. The van der Waals surface area contributed by atoms with Crippen molar-refractivity contribution in [2.75, 3.05) is 6.61 Å². The van der Waals surface area contributed by atoms with Gasteiger partial charge in [0.25, 0.3) is 0 Å². The lowest BCUT2D eigenvalue weighted by Crippen LogP contribution is -2.00. The van der Waals surface area contributed by atoms with Crippen LogP contribution in [0.3, 0.4) is 0 Å². The van der Waals surface area contributed by atoms with Crippen LogP contribution in [0.4, 0.5) is 0 Å². The van der Waals surface area contributed by atoms with Crippen LogP contribution in [-0.4, -0.2) is 17.7 Å². The monoisotopic (exact) mass is 344 g/mol. The Morgan fingerprint density at radius 1 is 1.21 bits per heavy atom. The number of aryl methyl sites for hydroxylation is 1. The summed E-state index contributed by atoms with van der Waals surface area (Å²) in [5.41, 5.74) is 2.50. The second-order valence-electron chi connectivity index (χ2n) is 5.60. The topological polar surface area (TPSA) is 46.5 Å². The molecule has 0 aliphatic rings. The van der Waals surface area contributed by atoms with Crippen molar-refractivity contribution in [1.82, 2.24) is 0 Å². The van der Waals surface area contributed by atoms with Crippen molar-refractivity contribution in [2.24, 2.45) is 0 Å². The number of hydrogen-bond donors (Lipinski definition) is 1. The molecule has 0 bridgehead atoms. The van der Waals surface area contributed by atoms with Gasteiger partial charge in [-0.2, -0.15) is 0 Å². The van der Waals surface area contributed by atoms with Gasteiger partial charge >= 0.3 is 5.97 Å². The van der Waals surface area contributed by atoms with Crippen LogP contribution in [0.1, 0.15) is 36.5 Å². The van der Waals surface area contributed by atoms with Crippen molar-refractivity contribution >= 4 is 29.2 Å². The Balaban J connectivity index is 2.24. The number of benzene rings is 2. The van der Waals surface area contributed by atoms with Gasteiger partial charge in [0, 0.05) is 5.02 Å². The van der Waals surface area contributed by atoms with Crippen LogP contribution in [-0.2, 0) is 4.79 Å². The van der Waals surface area contributed by atoms with Gasteiger partial charge in [0.1, 0.15) is 5.75 Å². The van der Waals surface area contributed by atoms with E-state index in [1.54, 1.807) is 18.2 Å². The van der Waals surface area contributed by atoms with Gasteiger partial charge in [-0.25, -0.2) is 4.79 Å². The lowest BCUT2D eigenvalue weighted by molar-refractivity contribution is -0.130. The third-order valence-electron chi connectivity index (χ3n) is 3.67. The number of rotatable bonds is 7. The van der Waals surface area contributed by atoms with Gasteiger partial charge in [0.15, 0.2) is 0 Å². The Kier molecular flexibility index (Phi) is 6.44. The number of carboxylic acid groups (broad SMARTS) is 1. The fourth-order valence-corrected chi connectivity index (χ4v) is 2.37. The van der Waals surface area contributed by atoms with Gasteiger partial charge in [0.05, 0.1) is 12.2 Å². The zero-order valence-corrected chi connectivity index (χ0v) is 14.6. The van der Waals surface area contributed by atoms with Crippen LogP contribution >= 0.6 is 11.6 Å². The summed E-state index contributed by atoms with van der Waals surface area (Å²) in [7, 11) is 0. The number of carboxylic acids is 1. The molecule has 0 amide bonds. The number of unbranched alkanes of at least 4 members (excludes halogenated alkanes) is 1. The second-order valence-corrected chi connectivity index (χ2v) is 6.01. The van der Waals surface area contributed by atoms with Gasteiger partial charge < -0.3 is 9.84 Å². The molecule has 126 valence electrons. The Hall–Kier alpha value is -2.26. The van der Waals surface area contributed by atoms with E-state index >= 15 is 0 Å². The second kappa shape index (κ2) is 8.55. The summed E-state index contributed by atoms with van der Waals surface area (Å²) in [5, 5.41) is 10.1. The van der Waals surface area contributed by atoms with E-state index in [0.717, 1.165) is 29.7 Å². The maximum atomic E-state index is 11.6. The molecule has 0 aliphatic carbocycles. The van der Waals surface area contributed by atoms with E-state index in [0.29, 0.717) is 17.2 Å². The van der Waals surface area contributed by atoms with Crippen LogP contribution < -0.4 is 4.74 Å². The Labute approximate surface area is 147 Å². The van der Waals surface area contributed by atoms with Crippen molar-refractivity contribution in [2.45, 2.75) is 26.7 Å². The van der Waals surface area contributed by atoms with Gasteiger partial charge in [-0.3, -0.25) is 0 Å². The molecular weight excluding hydrogens is 324 g/mol. The van der Waals surface area contributed by atoms with E-state index in [-0.39, 0.29) is 5.57 Å². The molecule has 0 radical (unpaired) electrons. The summed E-state index contributed by atoms with van der Waals surface area (Å²) >= 11 is 6.11. The van der Waals surface area contributed by atoms with E-state index in [1.165, 1.54) is 0 Å². The molecule has 3 nitrogen and oxygen atoms in total. The molecule has 0 saturated carbocycles. The van der Waals surface area contributed by atoms with E-state index in [9.17, 15) is 9.90 Å². The molecule has 24 heavy (non-hydrogen) atoms. The van der Waals surface area contributed by atoms with E-state index in [2.05, 4.69) is 6.92 Å². The zero-order chi connectivity index (χ0) is 17.5. The lowest BCUT2D eigenvalue weighted by Gasteiger charge is -2.07. The summed E-state index contributed by atoms with van der Waals surface area (Å²) < 4.78 is 5.61. The first kappa shape index (κ1) is 18.1. The number of hydrogen-bond acceptors (Lipinski definition) is 2. The molecule has 4 heteroatoms. The molecule has 0 unspecified atom stereocenters. The van der Waals surface area contributed by atoms with E-state index < -0.39 is 5.97 Å². The van der Waals surface area contributed by atoms with Crippen molar-refractivity contribution in [3.8, 4) is 5.75 Å². The molecule has 0 aliphatic heterocycles. The number of carbonyl (C=O) groups is 1. The third-order valence-corrected chi connectivity index (χ3v) is 4.08. The van der Waals surface area contributed by atoms with Crippen molar-refractivity contribution in [1.29, 1.82) is 0 Å². The minimum atomic E-state index is -0.988. The molecule has 0 spiro atoms. The smallest absolute Gasteiger partial charge is 0.336 e. The van der Waals surface area contributed by atoms with Crippen molar-refractivity contribution < 1.29 is 14.6 Å². The Bertz CT molecular complexity index is 733. The normalized spacial score (nSPS) is 11.4. The van der Waals surface area contributed by atoms with Gasteiger partial charge in [-0.05, 0) is 54.3 Å². The van der Waals surface area contributed by atoms with Crippen LogP contribution in [0.15, 0.2) is 42.5 Å². The van der Waals surface area contributed by atoms with Crippen LogP contribution in [0.5, 0.6) is 5.75 Å². The molecule has 0 aromatic heterocycles. The molecule has 2 aromatic rings. The predicted octanol–water partition coefficient (Wildman–Crippen LogP) is 5.45. The predicted molar refractivity (Wildman–Crippen MR) is 98.5 cm³/mol. The molecule has 0 saturated heterocycles. The van der Waals surface area contributed by atoms with Crippen molar-refractivity contribution in [3.63, 3.8) is 0 Å². The molecule has 0 heterocycles. The number of ether oxygens (including phenoxy) is 1. The first-order valence-electron chi connectivity index (χ1n) is 7.95. The van der Waals surface area contributed by atoms with E-state index in [1.807, 2.05) is 37.3 Å². The summed E-state index contributed by atoms with van der Waals surface area (Å²) in [6.45, 7) is 4.68. The standard InChI is InChI=1S/C20H21ClO3/c1-3-4-11-24-17-9-6-15(7-10-17)12-18(20(22)23)16-8-5-14(2)19(21)13-16/h5-10,12-13H,3-4,11H2,1-2H3,(H,22,23)/b18-12-. The molecule has 0 fully saturated rings. The fourth-order valence-electron chi connectivity index (χ4n) is 2.19. The highest BCUT2D eigenvalue weighted by Crippen LogP contribution is 2.25. The maximum absolute atomic E-state index is 11.6. The third kappa shape index (κ3) is 4.87. The summed E-state index contributed by atoms with van der Waals surface area (Å²) in [4.78, 5) is 11.6. The molecular formula is C20H21ClO3. The zero-order valence-electron chi connectivity index (χ0n) is 13.9. The first-order chi connectivity index (χ1) is 11.5. The lowest BCUT2D eigenvalue weighted by atomic mass is 10.0. The van der Waals surface area contributed by atoms with Gasteiger partial charge in [-0.15, -0.1) is 0 Å². The molecule has 2 aromatic carbocycles. The highest BCUT2D eigenvalue weighted by molar-refractivity contribution is 6.32. The van der Waals surface area contributed by atoms with Crippen LogP contribution in [0.2, 0.25) is 5.02 Å². The average Bonchev–Trinajstić information content (AvgIpc) is 2.56. The largest absolute Gasteiger partial charge is 0.494 e. The summed E-state index contributed by atoms with van der Waals surface area (Å²) in [6.07, 6.45) is 3.74. The van der Waals surface area contributed by atoms with Gasteiger partial charge in [0.2, 0.25) is 0 Å². The van der Waals surface area contributed by atoms with Crippen molar-refractivity contribution in [3.05, 3.63) is 64.2 Å². The minimum Gasteiger partial charge on any atom is -0.494 e. The highest BCUT2D eigenvalue weighted by atomic mass is 35.5. The average molecular weight is 345 g/mol. The molecule has 0 atom stereocenters. The highest BCUT2D eigenvalue weighted by Gasteiger charge is 2.12. The summed E-state index contributed by atoms with van der Waals surface area (Å²) in [6, 6.07) is 12.7. The molecule has 2 rings (SSSR count). The first-order valence-corrected chi connectivity index (χ1v) is 8.33. The number of halogens is 1. The fraction of sp³-hybridized carbons (Fsp3) is 0.250. The van der Waals surface area contributed by atoms with Crippen LogP contribution in [0, 0.1) is 6.92 Å². The molecule has 1 N–H and O–H groups in total. The maximum Gasteiger partial charge on any atom is 0.336 e. The summed E-state index contributed by atoms with van der Waals surface area (Å²) in [5.74, 6) is -0.200. The van der Waals surface area contributed by atoms with Gasteiger partial charge in [-0.1, -0.05) is 49.2 Å². The SMILES string of the molecule is CCCCOc1ccc(/C=C(\C(=O)O)c2ccc(C)c(Cl)c2)cc1. The van der Waals surface area contributed by atoms with E-state index in [4.69, 9.17) is 16.3 Å². The Morgan fingerprint density at radius 3 is 2.50 bits per heavy atom. The number of aliphatic carboxylic acids is 1. The van der Waals surface area contributed by atoms with Crippen LogP contribution in [0.25, 0.3) is 11.6 Å². The quantitative estimate of drug-likeness (QED) is 0.412.